The fraction of sp³-hybridized carbons (Fsp3) is 0.333. The molecule has 1 aliphatic rings. The van der Waals surface area contributed by atoms with E-state index >= 15 is 0 Å². The zero-order valence-corrected chi connectivity index (χ0v) is 15.8. The van der Waals surface area contributed by atoms with Crippen molar-refractivity contribution in [2.45, 2.75) is 19.4 Å². The van der Waals surface area contributed by atoms with E-state index in [0.29, 0.717) is 24.6 Å². The minimum atomic E-state index is -0.605. The molecule has 0 aliphatic carbocycles. The van der Waals surface area contributed by atoms with Gasteiger partial charge in [-0.3, -0.25) is 9.59 Å². The third-order valence-corrected chi connectivity index (χ3v) is 4.73. The number of hydrogen-bond donors (Lipinski definition) is 1. The molecule has 0 radical (unpaired) electrons. The van der Waals surface area contributed by atoms with Gasteiger partial charge in [-0.15, -0.1) is 0 Å². The summed E-state index contributed by atoms with van der Waals surface area (Å²) >= 11 is 0. The first-order chi connectivity index (χ1) is 13.0. The number of ether oxygens (including phenoxy) is 2. The molecular formula is C21H24N2O4. The van der Waals surface area contributed by atoms with Crippen molar-refractivity contribution in [1.29, 1.82) is 0 Å². The molecule has 0 spiro atoms. The molecule has 0 saturated carbocycles. The quantitative estimate of drug-likeness (QED) is 0.879. The molecule has 1 unspecified atom stereocenters. The average molecular weight is 368 g/mol. The van der Waals surface area contributed by atoms with E-state index in [1.807, 2.05) is 37.3 Å². The number of aryl methyl sites for hydroxylation is 1. The Balaban J connectivity index is 1.83. The van der Waals surface area contributed by atoms with Crippen LogP contribution in [0.4, 0.5) is 0 Å². The van der Waals surface area contributed by atoms with Gasteiger partial charge >= 0.3 is 0 Å². The molecule has 2 aromatic carbocycles. The number of hydrogen-bond acceptors (Lipinski definition) is 4. The van der Waals surface area contributed by atoms with E-state index in [-0.39, 0.29) is 18.2 Å². The predicted octanol–water partition coefficient (Wildman–Crippen LogP) is 2.25. The lowest BCUT2D eigenvalue weighted by atomic mass is 10.00. The van der Waals surface area contributed by atoms with Crippen molar-refractivity contribution in [2.75, 3.05) is 27.3 Å². The Labute approximate surface area is 159 Å². The summed E-state index contributed by atoms with van der Waals surface area (Å²) in [4.78, 5) is 27.1. The van der Waals surface area contributed by atoms with Crippen LogP contribution in [0.25, 0.3) is 0 Å². The Morgan fingerprint density at radius 2 is 1.81 bits per heavy atom. The van der Waals surface area contributed by atoms with Crippen molar-refractivity contribution in [3.8, 4) is 11.5 Å². The largest absolute Gasteiger partial charge is 0.493 e. The van der Waals surface area contributed by atoms with Gasteiger partial charge < -0.3 is 19.7 Å². The van der Waals surface area contributed by atoms with E-state index in [4.69, 9.17) is 9.47 Å². The van der Waals surface area contributed by atoms with Crippen LogP contribution in [0.15, 0.2) is 42.5 Å². The van der Waals surface area contributed by atoms with Crippen molar-refractivity contribution < 1.29 is 19.1 Å². The first-order valence-corrected chi connectivity index (χ1v) is 8.88. The Morgan fingerprint density at radius 1 is 1.11 bits per heavy atom. The van der Waals surface area contributed by atoms with Gasteiger partial charge in [0.1, 0.15) is 6.04 Å². The second kappa shape index (κ2) is 8.12. The molecule has 0 aromatic heterocycles. The Morgan fingerprint density at radius 3 is 2.48 bits per heavy atom. The molecule has 1 saturated heterocycles. The Kier molecular flexibility index (Phi) is 5.64. The lowest BCUT2D eigenvalue weighted by Crippen LogP contribution is -2.52. The smallest absolute Gasteiger partial charge is 0.247 e. The van der Waals surface area contributed by atoms with Gasteiger partial charge in [-0.2, -0.15) is 0 Å². The fourth-order valence-corrected chi connectivity index (χ4v) is 3.28. The highest BCUT2D eigenvalue weighted by atomic mass is 16.5. The van der Waals surface area contributed by atoms with Gasteiger partial charge in [0.05, 0.1) is 20.6 Å². The molecule has 1 atom stereocenters. The van der Waals surface area contributed by atoms with Gasteiger partial charge in [-0.25, -0.2) is 0 Å². The predicted molar refractivity (Wildman–Crippen MR) is 102 cm³/mol. The fourth-order valence-electron chi connectivity index (χ4n) is 3.28. The summed E-state index contributed by atoms with van der Waals surface area (Å²) in [5.41, 5.74) is 2.74. The minimum absolute atomic E-state index is 0.0948. The second-order valence-electron chi connectivity index (χ2n) is 6.56. The maximum atomic E-state index is 13.0. The average Bonchev–Trinajstić information content (AvgIpc) is 2.68. The third-order valence-electron chi connectivity index (χ3n) is 4.73. The number of benzene rings is 2. The highest BCUT2D eigenvalue weighted by Crippen LogP contribution is 2.29. The van der Waals surface area contributed by atoms with E-state index in [0.717, 1.165) is 16.7 Å². The van der Waals surface area contributed by atoms with Crippen molar-refractivity contribution in [1.82, 2.24) is 10.2 Å². The van der Waals surface area contributed by atoms with Crippen LogP contribution >= 0.6 is 0 Å². The van der Waals surface area contributed by atoms with Crippen molar-refractivity contribution in [3.63, 3.8) is 0 Å². The molecule has 1 fully saturated rings. The number of nitrogens with one attached hydrogen (secondary N) is 1. The Bertz CT molecular complexity index is 833. The van der Waals surface area contributed by atoms with E-state index < -0.39 is 6.04 Å². The zero-order chi connectivity index (χ0) is 19.4. The van der Waals surface area contributed by atoms with Crippen LogP contribution in [0.1, 0.15) is 22.7 Å². The van der Waals surface area contributed by atoms with Gasteiger partial charge in [0.2, 0.25) is 11.8 Å². The first kappa shape index (κ1) is 18.8. The van der Waals surface area contributed by atoms with E-state index in [2.05, 4.69) is 5.32 Å². The van der Waals surface area contributed by atoms with Crippen LogP contribution in [0.2, 0.25) is 0 Å². The summed E-state index contributed by atoms with van der Waals surface area (Å²) in [6.45, 7) is 2.93. The maximum Gasteiger partial charge on any atom is 0.247 e. The molecule has 142 valence electrons. The van der Waals surface area contributed by atoms with Crippen LogP contribution in [0, 0.1) is 6.92 Å². The van der Waals surface area contributed by atoms with E-state index in [9.17, 15) is 9.59 Å². The van der Waals surface area contributed by atoms with Crippen molar-refractivity contribution >= 4 is 11.8 Å². The SMILES string of the molecule is COc1ccc(CC(=O)N2CCNC(=O)C2c2ccc(C)cc2)cc1OC. The zero-order valence-electron chi connectivity index (χ0n) is 15.8. The summed E-state index contributed by atoms with van der Waals surface area (Å²) in [5.74, 6) is 0.950. The summed E-state index contributed by atoms with van der Waals surface area (Å²) < 4.78 is 10.5. The molecule has 2 amide bonds. The van der Waals surface area contributed by atoms with Gasteiger partial charge in [0.25, 0.3) is 0 Å². The molecule has 2 aromatic rings. The number of rotatable bonds is 5. The standard InChI is InChI=1S/C21H24N2O4/c1-14-4-7-16(8-5-14)20-21(25)22-10-11-23(20)19(24)13-15-6-9-17(26-2)18(12-15)27-3/h4-9,12,20H,10-11,13H2,1-3H3,(H,22,25). The number of methoxy groups -OCH3 is 2. The van der Waals surface area contributed by atoms with Crippen LogP contribution in [0.5, 0.6) is 11.5 Å². The molecule has 1 N–H and O–H groups in total. The maximum absolute atomic E-state index is 13.0. The van der Waals surface area contributed by atoms with Crippen molar-refractivity contribution in [3.05, 3.63) is 59.2 Å². The monoisotopic (exact) mass is 368 g/mol. The third kappa shape index (κ3) is 4.05. The normalized spacial score (nSPS) is 16.6. The number of carbonyl (C=O) groups is 2. The summed E-state index contributed by atoms with van der Waals surface area (Å²) in [6, 6.07) is 12.5. The number of piperazine rings is 1. The van der Waals surface area contributed by atoms with Gasteiger partial charge in [0.15, 0.2) is 11.5 Å². The lowest BCUT2D eigenvalue weighted by molar-refractivity contribution is -0.143. The lowest BCUT2D eigenvalue weighted by Gasteiger charge is -2.35. The van der Waals surface area contributed by atoms with Gasteiger partial charge in [-0.05, 0) is 30.2 Å². The second-order valence-corrected chi connectivity index (χ2v) is 6.56. The van der Waals surface area contributed by atoms with Crippen molar-refractivity contribution in [2.24, 2.45) is 0 Å². The number of nitrogens with zero attached hydrogens (tertiary/aromatic N) is 1. The molecular weight excluding hydrogens is 344 g/mol. The highest BCUT2D eigenvalue weighted by Gasteiger charge is 2.34. The minimum Gasteiger partial charge on any atom is -0.493 e. The topological polar surface area (TPSA) is 67.9 Å². The van der Waals surface area contributed by atoms with Crippen LogP contribution in [-0.2, 0) is 16.0 Å². The molecule has 6 nitrogen and oxygen atoms in total. The molecule has 0 bridgehead atoms. The number of amides is 2. The molecule has 1 heterocycles. The molecule has 1 aliphatic heterocycles. The van der Waals surface area contributed by atoms with E-state index in [1.165, 1.54) is 0 Å². The van der Waals surface area contributed by atoms with Gasteiger partial charge in [-0.1, -0.05) is 35.9 Å². The molecule has 27 heavy (non-hydrogen) atoms. The number of carbonyl (C=O) groups excluding carboxylic acids is 2. The van der Waals surface area contributed by atoms with Crippen LogP contribution in [-0.4, -0.2) is 44.0 Å². The Hall–Kier alpha value is -3.02. The summed E-state index contributed by atoms with van der Waals surface area (Å²) in [5, 5.41) is 2.86. The van der Waals surface area contributed by atoms with Crippen LogP contribution < -0.4 is 14.8 Å². The van der Waals surface area contributed by atoms with E-state index in [1.54, 1.807) is 31.3 Å². The summed E-state index contributed by atoms with van der Waals surface area (Å²) in [6.07, 6.45) is 0.190. The first-order valence-electron chi connectivity index (χ1n) is 8.88. The highest BCUT2D eigenvalue weighted by molar-refractivity contribution is 5.90. The molecule has 6 heteroatoms. The van der Waals surface area contributed by atoms with Gasteiger partial charge in [0, 0.05) is 13.1 Å². The summed E-state index contributed by atoms with van der Waals surface area (Å²) in [7, 11) is 3.13. The molecule has 3 rings (SSSR count). The van der Waals surface area contributed by atoms with Crippen LogP contribution in [0.3, 0.4) is 0 Å².